The Bertz CT molecular complexity index is 962. The summed E-state index contributed by atoms with van der Waals surface area (Å²) in [4.78, 5) is 0. The van der Waals surface area contributed by atoms with Gasteiger partial charge in [-0.05, 0) is 36.6 Å². The quantitative estimate of drug-likeness (QED) is 0.374. The van der Waals surface area contributed by atoms with Crippen molar-refractivity contribution in [1.82, 2.24) is 14.9 Å². The third-order valence-electron chi connectivity index (χ3n) is 3.26. The monoisotopic (exact) mass is 432 g/mol. The van der Waals surface area contributed by atoms with E-state index in [9.17, 15) is 8.78 Å². The van der Waals surface area contributed by atoms with Crippen molar-refractivity contribution in [2.45, 2.75) is 18.2 Å². The smallest absolute Gasteiger partial charge is 0.299 e. The Kier molecular flexibility index (Phi) is 6.35. The Hall–Kier alpha value is -2.10. The normalized spacial score (nSPS) is 11.6. The maximum absolute atomic E-state index is 13.0. The minimum atomic E-state index is -2.79. The average molecular weight is 433 g/mol. The first-order valence-electron chi connectivity index (χ1n) is 7.46. The van der Waals surface area contributed by atoms with E-state index in [0.29, 0.717) is 27.3 Å². The third kappa shape index (κ3) is 4.79. The van der Waals surface area contributed by atoms with E-state index in [2.05, 4.69) is 15.3 Å². The molecule has 2 aromatic heterocycles. The molecule has 0 atom stereocenters. The molecule has 3 rings (SSSR count). The van der Waals surface area contributed by atoms with Gasteiger partial charge in [-0.15, -0.1) is 10.2 Å². The highest BCUT2D eigenvalue weighted by molar-refractivity contribution is 7.98. The lowest BCUT2D eigenvalue weighted by molar-refractivity contribution is 0.135. The van der Waals surface area contributed by atoms with Gasteiger partial charge >= 0.3 is 0 Å². The molecule has 0 radical (unpaired) electrons. The van der Waals surface area contributed by atoms with Crippen LogP contribution in [0.4, 0.5) is 8.78 Å². The van der Waals surface area contributed by atoms with Gasteiger partial charge in [0.05, 0.1) is 11.2 Å². The van der Waals surface area contributed by atoms with Gasteiger partial charge in [0.25, 0.3) is 6.43 Å². The van der Waals surface area contributed by atoms with Crippen molar-refractivity contribution in [3.63, 3.8) is 0 Å². The van der Waals surface area contributed by atoms with E-state index in [4.69, 9.17) is 32.4 Å². The summed E-state index contributed by atoms with van der Waals surface area (Å²) in [6.45, 7) is 0.125. The van der Waals surface area contributed by atoms with Gasteiger partial charge < -0.3 is 9.15 Å². The van der Waals surface area contributed by atoms with Crippen molar-refractivity contribution in [3.05, 3.63) is 57.7 Å². The Balaban J connectivity index is 1.69. The number of hydrogen-bond donors (Lipinski definition) is 0. The summed E-state index contributed by atoms with van der Waals surface area (Å²) >= 11 is 13.0. The molecule has 0 fully saturated rings. The number of nitrogens with zero attached hydrogens (tertiary/aromatic N) is 4. The van der Waals surface area contributed by atoms with E-state index in [1.54, 1.807) is 36.6 Å². The first-order chi connectivity index (χ1) is 13.0. The standard InChI is InChI=1S/C16H12Cl2F2N4O2S/c1-27-16-23-22-15(14(19)20)24(16)21-7-10-3-4-11(26-10)8-25-13-5-2-9(17)6-12(13)18/h2-7,14H,8H2,1H3/b21-7-. The highest BCUT2D eigenvalue weighted by atomic mass is 35.5. The number of halogens is 4. The van der Waals surface area contributed by atoms with Crippen LogP contribution in [0.1, 0.15) is 23.8 Å². The summed E-state index contributed by atoms with van der Waals surface area (Å²) in [6.07, 6.45) is 0.198. The predicted molar refractivity (Wildman–Crippen MR) is 99.3 cm³/mol. The van der Waals surface area contributed by atoms with Gasteiger partial charge in [0.1, 0.15) is 23.9 Å². The van der Waals surface area contributed by atoms with Crippen LogP contribution in [-0.2, 0) is 6.61 Å². The molecule has 0 bridgehead atoms. The molecular formula is C16H12Cl2F2N4O2S. The van der Waals surface area contributed by atoms with Crippen molar-refractivity contribution in [1.29, 1.82) is 0 Å². The molecule has 0 saturated heterocycles. The molecule has 142 valence electrons. The zero-order valence-corrected chi connectivity index (χ0v) is 16.1. The van der Waals surface area contributed by atoms with Gasteiger partial charge in [0, 0.05) is 5.02 Å². The number of benzene rings is 1. The van der Waals surface area contributed by atoms with E-state index in [1.807, 2.05) is 0 Å². The number of aromatic nitrogens is 3. The van der Waals surface area contributed by atoms with Gasteiger partial charge in [-0.25, -0.2) is 8.78 Å². The molecule has 27 heavy (non-hydrogen) atoms. The minimum absolute atomic E-state index is 0.125. The summed E-state index contributed by atoms with van der Waals surface area (Å²) < 4.78 is 38.0. The minimum Gasteiger partial charge on any atom is -0.484 e. The molecule has 0 N–H and O–H groups in total. The van der Waals surface area contributed by atoms with Crippen molar-refractivity contribution in [3.8, 4) is 5.75 Å². The lowest BCUT2D eigenvalue weighted by Crippen LogP contribution is -2.00. The van der Waals surface area contributed by atoms with Crippen LogP contribution in [0.2, 0.25) is 10.0 Å². The molecule has 11 heteroatoms. The van der Waals surface area contributed by atoms with E-state index in [0.717, 1.165) is 16.4 Å². The summed E-state index contributed by atoms with van der Waals surface area (Å²) in [5.74, 6) is 0.786. The van der Waals surface area contributed by atoms with Gasteiger partial charge in [0.15, 0.2) is 0 Å². The second-order valence-electron chi connectivity index (χ2n) is 5.07. The number of alkyl halides is 2. The molecule has 0 aliphatic rings. The van der Waals surface area contributed by atoms with Crippen molar-refractivity contribution >= 4 is 41.2 Å². The molecule has 6 nitrogen and oxygen atoms in total. The van der Waals surface area contributed by atoms with Crippen LogP contribution in [0.5, 0.6) is 5.75 Å². The lowest BCUT2D eigenvalue weighted by Gasteiger charge is -2.06. The second-order valence-corrected chi connectivity index (χ2v) is 6.69. The summed E-state index contributed by atoms with van der Waals surface area (Å²) in [7, 11) is 0. The molecule has 0 unspecified atom stereocenters. The summed E-state index contributed by atoms with van der Waals surface area (Å²) in [5.41, 5.74) is 0. The van der Waals surface area contributed by atoms with Crippen LogP contribution < -0.4 is 4.74 Å². The first-order valence-corrected chi connectivity index (χ1v) is 9.44. The number of rotatable bonds is 7. The Morgan fingerprint density at radius 3 is 2.81 bits per heavy atom. The second kappa shape index (κ2) is 8.73. The fraction of sp³-hybridized carbons (Fsp3) is 0.188. The Morgan fingerprint density at radius 1 is 1.30 bits per heavy atom. The van der Waals surface area contributed by atoms with Gasteiger partial charge in [-0.2, -0.15) is 9.78 Å². The molecular weight excluding hydrogens is 421 g/mol. The van der Waals surface area contributed by atoms with Crippen LogP contribution in [-0.4, -0.2) is 27.3 Å². The van der Waals surface area contributed by atoms with E-state index >= 15 is 0 Å². The highest BCUT2D eigenvalue weighted by Crippen LogP contribution is 2.28. The van der Waals surface area contributed by atoms with Gasteiger partial charge in [0.2, 0.25) is 11.0 Å². The Morgan fingerprint density at radius 2 is 2.11 bits per heavy atom. The predicted octanol–water partition coefficient (Wildman–Crippen LogP) is 5.30. The molecule has 1 aromatic carbocycles. The average Bonchev–Trinajstić information content (AvgIpc) is 3.25. The maximum Gasteiger partial charge on any atom is 0.299 e. The van der Waals surface area contributed by atoms with Crippen LogP contribution in [0, 0.1) is 0 Å². The number of furan rings is 1. The zero-order valence-electron chi connectivity index (χ0n) is 13.8. The summed E-state index contributed by atoms with van der Waals surface area (Å²) in [5, 5.41) is 12.2. The maximum atomic E-state index is 13.0. The SMILES string of the molecule is CSc1nnc(C(F)F)n1/N=C\c1ccc(COc2ccc(Cl)cc2Cl)o1. The number of hydrogen-bond acceptors (Lipinski definition) is 6. The highest BCUT2D eigenvalue weighted by Gasteiger charge is 2.19. The first kappa shape index (κ1) is 19.7. The summed E-state index contributed by atoms with van der Waals surface area (Å²) in [6, 6.07) is 8.20. The molecule has 3 aromatic rings. The number of thioether (sulfide) groups is 1. The molecule has 0 spiro atoms. The fourth-order valence-electron chi connectivity index (χ4n) is 2.05. The number of ether oxygens (including phenoxy) is 1. The van der Waals surface area contributed by atoms with Crippen LogP contribution in [0.3, 0.4) is 0 Å². The molecule has 0 aliphatic carbocycles. The van der Waals surface area contributed by atoms with Crippen molar-refractivity contribution < 1.29 is 17.9 Å². The van der Waals surface area contributed by atoms with E-state index < -0.39 is 12.2 Å². The zero-order chi connectivity index (χ0) is 19.4. The van der Waals surface area contributed by atoms with E-state index in [-0.39, 0.29) is 11.8 Å². The van der Waals surface area contributed by atoms with E-state index in [1.165, 1.54) is 6.21 Å². The van der Waals surface area contributed by atoms with Crippen LogP contribution in [0.15, 0.2) is 45.0 Å². The topological polar surface area (TPSA) is 65.4 Å². The molecule has 0 amide bonds. The third-order valence-corrected chi connectivity index (χ3v) is 4.41. The molecule has 0 aliphatic heterocycles. The van der Waals surface area contributed by atoms with Crippen LogP contribution in [0.25, 0.3) is 0 Å². The van der Waals surface area contributed by atoms with Gasteiger partial charge in [-0.3, -0.25) is 0 Å². The van der Waals surface area contributed by atoms with Crippen LogP contribution >= 0.6 is 35.0 Å². The van der Waals surface area contributed by atoms with Crippen molar-refractivity contribution in [2.75, 3.05) is 6.26 Å². The molecule has 2 heterocycles. The Labute approximate surface area is 167 Å². The fourth-order valence-corrected chi connectivity index (χ4v) is 2.95. The largest absolute Gasteiger partial charge is 0.484 e. The lowest BCUT2D eigenvalue weighted by atomic mass is 10.3. The molecule has 0 saturated carbocycles. The van der Waals surface area contributed by atoms with Crippen molar-refractivity contribution in [2.24, 2.45) is 5.10 Å². The van der Waals surface area contributed by atoms with Gasteiger partial charge in [-0.1, -0.05) is 35.0 Å².